The summed E-state index contributed by atoms with van der Waals surface area (Å²) in [6.07, 6.45) is 0. The van der Waals surface area contributed by atoms with Gasteiger partial charge in [-0.05, 0) is 24.3 Å². The average Bonchev–Trinajstić information content (AvgIpc) is 2.53. The van der Waals surface area contributed by atoms with Gasteiger partial charge in [0.15, 0.2) is 9.84 Å². The van der Waals surface area contributed by atoms with E-state index in [1.54, 1.807) is 12.1 Å². The van der Waals surface area contributed by atoms with Crippen molar-refractivity contribution in [2.45, 2.75) is 11.8 Å². The molecular formula is C16H15N3O6S. The van der Waals surface area contributed by atoms with Crippen molar-refractivity contribution in [3.63, 3.8) is 0 Å². The number of nitrogens with zero attached hydrogens (tertiary/aromatic N) is 1. The quantitative estimate of drug-likeness (QED) is 0.583. The van der Waals surface area contributed by atoms with E-state index in [9.17, 15) is 28.1 Å². The zero-order valence-electron chi connectivity index (χ0n) is 13.6. The maximum absolute atomic E-state index is 12.3. The molecule has 2 aromatic rings. The molecule has 0 atom stereocenters. The van der Waals surface area contributed by atoms with Crippen molar-refractivity contribution in [1.82, 2.24) is 0 Å². The zero-order valence-corrected chi connectivity index (χ0v) is 14.4. The summed E-state index contributed by atoms with van der Waals surface area (Å²) in [7, 11) is -4.21. The summed E-state index contributed by atoms with van der Waals surface area (Å²) in [6, 6.07) is 11.0. The molecular weight excluding hydrogens is 362 g/mol. The van der Waals surface area contributed by atoms with Crippen LogP contribution in [0.2, 0.25) is 0 Å². The van der Waals surface area contributed by atoms with Gasteiger partial charge in [-0.1, -0.05) is 18.2 Å². The molecule has 0 unspecified atom stereocenters. The highest BCUT2D eigenvalue weighted by Gasteiger charge is 2.27. The number of nitrogens with one attached hydrogen (secondary N) is 2. The van der Waals surface area contributed by atoms with Gasteiger partial charge in [-0.15, -0.1) is 0 Å². The van der Waals surface area contributed by atoms with Gasteiger partial charge >= 0.3 is 0 Å². The summed E-state index contributed by atoms with van der Waals surface area (Å²) in [6.45, 7) is 1.32. The number of amides is 2. The maximum Gasteiger partial charge on any atom is 0.287 e. The molecule has 0 aliphatic rings. The lowest BCUT2D eigenvalue weighted by Crippen LogP contribution is -2.23. The molecule has 0 bridgehead atoms. The standard InChI is InChI=1S/C16H15N3O6S/c1-11(20)17-12-5-4-6-13(9-12)18-16(21)10-26(24,25)15-8-3-2-7-14(15)19(22)23/h2-9H,10H2,1H3,(H,17,20)(H,18,21). The number of nitro benzene ring substituents is 1. The van der Waals surface area contributed by atoms with E-state index in [1.807, 2.05) is 0 Å². The SMILES string of the molecule is CC(=O)Nc1cccc(NC(=O)CS(=O)(=O)c2ccccc2[N+](=O)[O-])c1. The van der Waals surface area contributed by atoms with Crippen molar-refractivity contribution in [1.29, 1.82) is 0 Å². The molecule has 0 saturated heterocycles. The fourth-order valence-corrected chi connectivity index (χ4v) is 3.52. The van der Waals surface area contributed by atoms with Crippen LogP contribution >= 0.6 is 0 Å². The average molecular weight is 377 g/mol. The van der Waals surface area contributed by atoms with E-state index in [0.717, 1.165) is 12.1 Å². The first-order chi connectivity index (χ1) is 12.2. The van der Waals surface area contributed by atoms with E-state index < -0.39 is 37.0 Å². The highest BCUT2D eigenvalue weighted by molar-refractivity contribution is 7.92. The maximum atomic E-state index is 12.3. The predicted molar refractivity (Wildman–Crippen MR) is 94.5 cm³/mol. The number of hydrogen-bond donors (Lipinski definition) is 2. The first-order valence-electron chi connectivity index (χ1n) is 7.33. The van der Waals surface area contributed by atoms with E-state index in [-0.39, 0.29) is 11.6 Å². The Hall–Kier alpha value is -3.27. The Bertz CT molecular complexity index is 971. The van der Waals surface area contributed by atoms with Gasteiger partial charge in [0.1, 0.15) is 10.6 Å². The van der Waals surface area contributed by atoms with Crippen LogP contribution in [0.4, 0.5) is 17.1 Å². The highest BCUT2D eigenvalue weighted by Crippen LogP contribution is 2.24. The van der Waals surface area contributed by atoms with Crippen molar-refractivity contribution < 1.29 is 22.9 Å². The van der Waals surface area contributed by atoms with E-state index in [1.165, 1.54) is 31.2 Å². The Morgan fingerprint density at radius 2 is 1.65 bits per heavy atom. The minimum absolute atomic E-state index is 0.277. The molecule has 2 rings (SSSR count). The van der Waals surface area contributed by atoms with Crippen LogP contribution in [-0.4, -0.2) is 30.9 Å². The van der Waals surface area contributed by atoms with Crippen molar-refractivity contribution in [3.8, 4) is 0 Å². The fourth-order valence-electron chi connectivity index (χ4n) is 2.20. The minimum Gasteiger partial charge on any atom is -0.326 e. The Morgan fingerprint density at radius 3 is 2.27 bits per heavy atom. The summed E-state index contributed by atoms with van der Waals surface area (Å²) in [5.74, 6) is -2.11. The van der Waals surface area contributed by atoms with Crippen molar-refractivity contribution in [3.05, 3.63) is 58.6 Å². The van der Waals surface area contributed by atoms with Crippen molar-refractivity contribution in [2.75, 3.05) is 16.4 Å². The number of rotatable bonds is 6. The molecule has 26 heavy (non-hydrogen) atoms. The lowest BCUT2D eigenvalue weighted by molar-refractivity contribution is -0.387. The number of anilines is 2. The van der Waals surface area contributed by atoms with Crippen LogP contribution in [0.15, 0.2) is 53.4 Å². The summed E-state index contributed by atoms with van der Waals surface area (Å²) in [5, 5.41) is 15.9. The van der Waals surface area contributed by atoms with Crippen LogP contribution in [0.1, 0.15) is 6.92 Å². The first-order valence-corrected chi connectivity index (χ1v) is 8.98. The number of para-hydroxylation sites is 1. The van der Waals surface area contributed by atoms with Gasteiger partial charge in [-0.25, -0.2) is 8.42 Å². The molecule has 0 aromatic heterocycles. The van der Waals surface area contributed by atoms with Gasteiger partial charge in [-0.2, -0.15) is 0 Å². The molecule has 0 aliphatic heterocycles. The summed E-state index contributed by atoms with van der Waals surface area (Å²) >= 11 is 0. The van der Waals surface area contributed by atoms with E-state index in [4.69, 9.17) is 0 Å². The monoisotopic (exact) mass is 377 g/mol. The second-order valence-electron chi connectivity index (χ2n) is 5.29. The number of carbonyl (C=O) groups is 2. The number of carbonyl (C=O) groups excluding carboxylic acids is 2. The predicted octanol–water partition coefficient (Wildman–Crippen LogP) is 1.97. The van der Waals surface area contributed by atoms with Crippen LogP contribution in [0.3, 0.4) is 0 Å². The molecule has 0 heterocycles. The van der Waals surface area contributed by atoms with Crippen molar-refractivity contribution >= 4 is 38.7 Å². The van der Waals surface area contributed by atoms with E-state index >= 15 is 0 Å². The molecule has 2 amide bonds. The number of nitro groups is 1. The summed E-state index contributed by atoms with van der Waals surface area (Å²) in [4.78, 5) is 32.8. The van der Waals surface area contributed by atoms with Crippen LogP contribution < -0.4 is 10.6 Å². The second-order valence-corrected chi connectivity index (χ2v) is 7.25. The van der Waals surface area contributed by atoms with Gasteiger partial charge in [0.05, 0.1) is 4.92 Å². The Labute approximate surface area is 149 Å². The fraction of sp³-hybridized carbons (Fsp3) is 0.125. The third-order valence-electron chi connectivity index (χ3n) is 3.18. The molecule has 0 radical (unpaired) electrons. The number of sulfone groups is 1. The second kappa shape index (κ2) is 7.74. The molecule has 2 N–H and O–H groups in total. The van der Waals surface area contributed by atoms with Gasteiger partial charge in [0.25, 0.3) is 5.69 Å². The molecule has 2 aromatic carbocycles. The number of hydrogen-bond acceptors (Lipinski definition) is 6. The molecule has 10 heteroatoms. The summed E-state index contributed by atoms with van der Waals surface area (Å²) in [5.41, 5.74) is 0.115. The Kier molecular flexibility index (Phi) is 5.68. The smallest absolute Gasteiger partial charge is 0.287 e. The highest BCUT2D eigenvalue weighted by atomic mass is 32.2. The van der Waals surface area contributed by atoms with Crippen LogP contribution in [0.5, 0.6) is 0 Å². The third-order valence-corrected chi connectivity index (χ3v) is 4.84. The zero-order chi connectivity index (χ0) is 19.3. The lowest BCUT2D eigenvalue weighted by atomic mass is 10.2. The summed E-state index contributed by atoms with van der Waals surface area (Å²) < 4.78 is 24.7. The molecule has 0 saturated carbocycles. The van der Waals surface area contributed by atoms with Crippen LogP contribution in [0.25, 0.3) is 0 Å². The molecule has 0 spiro atoms. The molecule has 9 nitrogen and oxygen atoms in total. The lowest BCUT2D eigenvalue weighted by Gasteiger charge is -2.09. The molecule has 0 aliphatic carbocycles. The molecule has 0 fully saturated rings. The van der Waals surface area contributed by atoms with Gasteiger partial charge in [-0.3, -0.25) is 19.7 Å². The van der Waals surface area contributed by atoms with Crippen molar-refractivity contribution in [2.24, 2.45) is 0 Å². The van der Waals surface area contributed by atoms with E-state index in [2.05, 4.69) is 10.6 Å². The normalized spacial score (nSPS) is 10.8. The van der Waals surface area contributed by atoms with E-state index in [0.29, 0.717) is 5.69 Å². The topological polar surface area (TPSA) is 135 Å². The Balaban J connectivity index is 2.17. The largest absolute Gasteiger partial charge is 0.326 e. The van der Waals surface area contributed by atoms with Gasteiger partial charge < -0.3 is 10.6 Å². The number of benzene rings is 2. The van der Waals surface area contributed by atoms with Gasteiger partial charge in [0, 0.05) is 24.4 Å². The molecule has 136 valence electrons. The van der Waals surface area contributed by atoms with Gasteiger partial charge in [0.2, 0.25) is 11.8 Å². The first kappa shape index (κ1) is 19.1. The van der Waals surface area contributed by atoms with Crippen LogP contribution in [-0.2, 0) is 19.4 Å². The minimum atomic E-state index is -4.21. The van der Waals surface area contributed by atoms with Crippen LogP contribution in [0, 0.1) is 10.1 Å². The Morgan fingerprint density at radius 1 is 1.04 bits per heavy atom. The third kappa shape index (κ3) is 4.86.